The third kappa shape index (κ3) is 2.71. The number of carbonyl (C=O) groups excluding carboxylic acids is 4. The maximum atomic E-state index is 13.6. The second kappa shape index (κ2) is 5.60. The molecule has 0 aromatic heterocycles. The lowest BCUT2D eigenvalue weighted by atomic mass is 10.0. The fraction of sp³-hybridized carbons (Fsp3) is 0.231. The summed E-state index contributed by atoms with van der Waals surface area (Å²) in [6, 6.07) is 2.74. The van der Waals surface area contributed by atoms with Crippen LogP contribution in [0.15, 0.2) is 18.2 Å². The second-order valence-corrected chi connectivity index (χ2v) is 4.30. The van der Waals surface area contributed by atoms with E-state index in [9.17, 15) is 23.6 Å². The first-order valence-electron chi connectivity index (χ1n) is 5.91. The van der Waals surface area contributed by atoms with Gasteiger partial charge in [0.15, 0.2) is 6.29 Å². The van der Waals surface area contributed by atoms with Crippen molar-refractivity contribution in [3.05, 3.63) is 35.1 Å². The number of hydrogen-bond donors (Lipinski definition) is 2. The summed E-state index contributed by atoms with van der Waals surface area (Å²) in [6.07, 6.45) is 0.595. The normalized spacial score (nSPS) is 18.4. The minimum atomic E-state index is -0.917. The number of halogens is 1. The van der Waals surface area contributed by atoms with E-state index in [4.69, 9.17) is 0 Å². The minimum absolute atomic E-state index is 0.0918. The monoisotopic (exact) mass is 278 g/mol. The van der Waals surface area contributed by atoms with Crippen molar-refractivity contribution in [3.63, 3.8) is 0 Å². The summed E-state index contributed by atoms with van der Waals surface area (Å²) < 4.78 is 13.6. The summed E-state index contributed by atoms with van der Waals surface area (Å²) in [7, 11) is 0. The van der Waals surface area contributed by atoms with Crippen molar-refractivity contribution in [3.8, 4) is 0 Å². The van der Waals surface area contributed by atoms with Crippen LogP contribution in [-0.2, 0) is 9.59 Å². The predicted molar refractivity (Wildman–Crippen MR) is 65.4 cm³/mol. The Bertz CT molecular complexity index is 600. The Labute approximate surface area is 113 Å². The van der Waals surface area contributed by atoms with Gasteiger partial charge in [-0.25, -0.2) is 4.39 Å². The highest BCUT2D eigenvalue weighted by Gasteiger charge is 2.29. The van der Waals surface area contributed by atoms with Crippen molar-refractivity contribution >= 4 is 24.0 Å². The van der Waals surface area contributed by atoms with E-state index < -0.39 is 35.1 Å². The smallest absolute Gasteiger partial charge is 0.255 e. The molecule has 20 heavy (non-hydrogen) atoms. The van der Waals surface area contributed by atoms with E-state index in [1.807, 2.05) is 0 Å². The largest absolute Gasteiger partial charge is 0.340 e. The molecule has 1 unspecified atom stereocenters. The molecule has 1 saturated heterocycles. The molecule has 1 heterocycles. The molecule has 2 N–H and O–H groups in total. The third-order valence-corrected chi connectivity index (χ3v) is 2.94. The molecule has 2 rings (SSSR count). The molecule has 1 aliphatic heterocycles. The average molecular weight is 278 g/mol. The number of amides is 3. The molecule has 1 fully saturated rings. The van der Waals surface area contributed by atoms with Gasteiger partial charge in [-0.05, 0) is 12.5 Å². The molecule has 0 aliphatic carbocycles. The van der Waals surface area contributed by atoms with Crippen LogP contribution in [0.5, 0.6) is 0 Å². The molecule has 7 heteroatoms. The summed E-state index contributed by atoms with van der Waals surface area (Å²) >= 11 is 0. The third-order valence-electron chi connectivity index (χ3n) is 2.94. The molecule has 1 aliphatic rings. The van der Waals surface area contributed by atoms with Gasteiger partial charge in [-0.15, -0.1) is 0 Å². The van der Waals surface area contributed by atoms with E-state index in [2.05, 4.69) is 10.6 Å². The van der Waals surface area contributed by atoms with Crippen molar-refractivity contribution in [1.29, 1.82) is 0 Å². The van der Waals surface area contributed by atoms with Gasteiger partial charge in [0.05, 0.1) is 5.56 Å². The van der Waals surface area contributed by atoms with Gasteiger partial charge in [0.25, 0.3) is 5.91 Å². The highest BCUT2D eigenvalue weighted by molar-refractivity contribution is 6.06. The lowest BCUT2D eigenvalue weighted by Gasteiger charge is -2.22. The van der Waals surface area contributed by atoms with Gasteiger partial charge < -0.3 is 5.32 Å². The summed E-state index contributed by atoms with van der Waals surface area (Å²) in [5.41, 5.74) is -0.512. The molecule has 0 radical (unpaired) electrons. The zero-order valence-electron chi connectivity index (χ0n) is 10.3. The van der Waals surface area contributed by atoms with Crippen molar-refractivity contribution in [2.75, 3.05) is 0 Å². The number of imide groups is 1. The molecule has 1 aromatic rings. The molecule has 0 spiro atoms. The Morgan fingerprint density at radius 2 is 2.15 bits per heavy atom. The van der Waals surface area contributed by atoms with E-state index in [0.29, 0.717) is 6.29 Å². The molecule has 6 nitrogen and oxygen atoms in total. The van der Waals surface area contributed by atoms with Crippen LogP contribution < -0.4 is 10.6 Å². The van der Waals surface area contributed by atoms with E-state index >= 15 is 0 Å². The number of aldehydes is 1. The van der Waals surface area contributed by atoms with Gasteiger partial charge >= 0.3 is 0 Å². The topological polar surface area (TPSA) is 92.3 Å². The SMILES string of the molecule is O=Cc1cccc(F)c1C(=O)NC1CCC(=O)NC1=O. The van der Waals surface area contributed by atoms with Gasteiger partial charge in [-0.3, -0.25) is 24.5 Å². The van der Waals surface area contributed by atoms with Crippen molar-refractivity contribution < 1.29 is 23.6 Å². The quantitative estimate of drug-likeness (QED) is 0.609. The number of hydrogen-bond acceptors (Lipinski definition) is 4. The molecule has 3 amide bonds. The predicted octanol–water partition coefficient (Wildman–Crippen LogP) is 0.173. The van der Waals surface area contributed by atoms with Crippen molar-refractivity contribution in [2.45, 2.75) is 18.9 Å². The number of carbonyl (C=O) groups is 4. The number of nitrogens with one attached hydrogen (secondary N) is 2. The van der Waals surface area contributed by atoms with Crippen LogP contribution in [0.1, 0.15) is 33.6 Å². The van der Waals surface area contributed by atoms with Crippen LogP contribution >= 0.6 is 0 Å². The van der Waals surface area contributed by atoms with Crippen LogP contribution in [-0.4, -0.2) is 30.0 Å². The average Bonchev–Trinajstić information content (AvgIpc) is 2.41. The van der Waals surface area contributed by atoms with Crippen LogP contribution in [0.4, 0.5) is 4.39 Å². The lowest BCUT2D eigenvalue weighted by Crippen LogP contribution is -2.52. The molecular formula is C13H11FN2O4. The lowest BCUT2D eigenvalue weighted by molar-refractivity contribution is -0.134. The summed E-state index contributed by atoms with van der Waals surface area (Å²) in [4.78, 5) is 45.3. The zero-order valence-corrected chi connectivity index (χ0v) is 10.3. The first-order chi connectivity index (χ1) is 9.52. The Kier molecular flexibility index (Phi) is 3.88. The van der Waals surface area contributed by atoms with Crippen LogP contribution in [0, 0.1) is 5.82 Å². The van der Waals surface area contributed by atoms with Gasteiger partial charge in [0.1, 0.15) is 11.9 Å². The Hall–Kier alpha value is -2.57. The van der Waals surface area contributed by atoms with Crippen LogP contribution in [0.25, 0.3) is 0 Å². The summed E-state index contributed by atoms with van der Waals surface area (Å²) in [6.45, 7) is 0. The molecule has 1 atom stereocenters. The Morgan fingerprint density at radius 3 is 2.80 bits per heavy atom. The molecule has 0 bridgehead atoms. The number of piperidine rings is 1. The Balaban J connectivity index is 2.19. The number of rotatable bonds is 3. The summed E-state index contributed by atoms with van der Waals surface area (Å²) in [5, 5.41) is 4.39. The second-order valence-electron chi connectivity index (χ2n) is 4.30. The standard InChI is InChI=1S/C13H11FN2O4/c14-8-3-1-2-7(6-17)11(8)13(20)15-9-4-5-10(18)16-12(9)19/h1-3,6,9H,4-5H2,(H,15,20)(H,16,18,19). The highest BCUT2D eigenvalue weighted by atomic mass is 19.1. The Morgan fingerprint density at radius 1 is 1.40 bits per heavy atom. The molecule has 104 valence electrons. The fourth-order valence-electron chi connectivity index (χ4n) is 1.94. The van der Waals surface area contributed by atoms with Gasteiger partial charge in [0.2, 0.25) is 11.8 Å². The maximum Gasteiger partial charge on any atom is 0.255 e. The first kappa shape index (κ1) is 13.9. The molecule has 1 aromatic carbocycles. The first-order valence-corrected chi connectivity index (χ1v) is 5.91. The number of benzene rings is 1. The van der Waals surface area contributed by atoms with Crippen molar-refractivity contribution in [2.24, 2.45) is 0 Å². The fourth-order valence-corrected chi connectivity index (χ4v) is 1.94. The maximum absolute atomic E-state index is 13.6. The molecular weight excluding hydrogens is 267 g/mol. The van der Waals surface area contributed by atoms with E-state index in [0.717, 1.165) is 6.07 Å². The van der Waals surface area contributed by atoms with Crippen molar-refractivity contribution in [1.82, 2.24) is 10.6 Å². The van der Waals surface area contributed by atoms with Crippen LogP contribution in [0.3, 0.4) is 0 Å². The summed E-state index contributed by atoms with van der Waals surface area (Å²) in [5.74, 6) is -2.77. The molecule has 0 saturated carbocycles. The van der Waals surface area contributed by atoms with E-state index in [1.54, 1.807) is 0 Å². The highest BCUT2D eigenvalue weighted by Crippen LogP contribution is 2.13. The van der Waals surface area contributed by atoms with Crippen LogP contribution in [0.2, 0.25) is 0 Å². The van der Waals surface area contributed by atoms with E-state index in [-0.39, 0.29) is 18.4 Å². The van der Waals surface area contributed by atoms with E-state index in [1.165, 1.54) is 12.1 Å². The minimum Gasteiger partial charge on any atom is -0.340 e. The van der Waals surface area contributed by atoms with Gasteiger partial charge in [-0.2, -0.15) is 0 Å². The van der Waals surface area contributed by atoms with Gasteiger partial charge in [0, 0.05) is 12.0 Å². The zero-order chi connectivity index (χ0) is 14.7. The van der Waals surface area contributed by atoms with Gasteiger partial charge in [-0.1, -0.05) is 12.1 Å².